The van der Waals surface area contributed by atoms with Crippen molar-refractivity contribution < 1.29 is 9.84 Å². The maximum Gasteiger partial charge on any atom is 0.0959 e. The van der Waals surface area contributed by atoms with Crippen LogP contribution in [0, 0.1) is 0 Å². The van der Waals surface area contributed by atoms with Crippen LogP contribution in [0.1, 0.15) is 42.0 Å². The molecule has 1 saturated carbocycles. The van der Waals surface area contributed by atoms with Crippen LogP contribution in [0.4, 0.5) is 0 Å². The molecule has 1 aromatic heterocycles. The number of hydrogen-bond acceptors (Lipinski definition) is 5. The van der Waals surface area contributed by atoms with E-state index >= 15 is 0 Å². The van der Waals surface area contributed by atoms with Gasteiger partial charge >= 0.3 is 0 Å². The van der Waals surface area contributed by atoms with E-state index in [2.05, 4.69) is 16.8 Å². The highest BCUT2D eigenvalue weighted by atomic mass is 32.1. The summed E-state index contributed by atoms with van der Waals surface area (Å²) in [7, 11) is 0. The first-order valence-electron chi connectivity index (χ1n) is 7.17. The number of hydrogen-bond donors (Lipinski definition) is 1. The van der Waals surface area contributed by atoms with E-state index in [1.165, 1.54) is 29.1 Å². The van der Waals surface area contributed by atoms with Crippen molar-refractivity contribution in [3.8, 4) is 0 Å². The lowest BCUT2D eigenvalue weighted by Gasteiger charge is -2.37. The summed E-state index contributed by atoms with van der Waals surface area (Å²) in [5.41, 5.74) is 0. The van der Waals surface area contributed by atoms with Crippen LogP contribution < -0.4 is 0 Å². The van der Waals surface area contributed by atoms with Crippen LogP contribution in [0.3, 0.4) is 0 Å². The van der Waals surface area contributed by atoms with Crippen LogP contribution in [-0.4, -0.2) is 46.9 Å². The lowest BCUT2D eigenvalue weighted by atomic mass is 9.86. The van der Waals surface area contributed by atoms with E-state index in [9.17, 15) is 5.11 Å². The van der Waals surface area contributed by atoms with Gasteiger partial charge in [-0.05, 0) is 19.8 Å². The van der Waals surface area contributed by atoms with Crippen molar-refractivity contribution in [3.05, 3.63) is 16.1 Å². The normalized spacial score (nSPS) is 29.4. The van der Waals surface area contributed by atoms with Crippen molar-refractivity contribution >= 4 is 11.3 Å². The second kappa shape index (κ2) is 5.87. The third-order valence-electron chi connectivity index (χ3n) is 4.22. The average Bonchev–Trinajstić information content (AvgIpc) is 2.78. The molecular weight excluding hydrogens is 260 g/mol. The molecule has 0 bridgehead atoms. The van der Waals surface area contributed by atoms with E-state index < -0.39 is 0 Å². The summed E-state index contributed by atoms with van der Waals surface area (Å²) in [4.78, 5) is 8.31. The zero-order valence-corrected chi connectivity index (χ0v) is 12.2. The highest BCUT2D eigenvalue weighted by molar-refractivity contribution is 7.11. The van der Waals surface area contributed by atoms with Gasteiger partial charge in [0.25, 0.3) is 0 Å². The molecule has 3 rings (SSSR count). The third kappa shape index (κ3) is 2.99. The Balaban J connectivity index is 1.61. The quantitative estimate of drug-likeness (QED) is 0.917. The summed E-state index contributed by atoms with van der Waals surface area (Å²) >= 11 is 1.87. The molecule has 0 amide bonds. The highest BCUT2D eigenvalue weighted by Gasteiger charge is 2.27. The summed E-state index contributed by atoms with van der Waals surface area (Å²) < 4.78 is 5.57. The number of ether oxygens (including phenoxy) is 1. The van der Waals surface area contributed by atoms with Gasteiger partial charge in [-0.25, -0.2) is 4.98 Å². The fraction of sp³-hybridized carbons (Fsp3) is 0.786. The van der Waals surface area contributed by atoms with E-state index in [0.29, 0.717) is 12.6 Å². The molecule has 19 heavy (non-hydrogen) atoms. The molecule has 1 aromatic rings. The predicted molar refractivity (Wildman–Crippen MR) is 75.4 cm³/mol. The Labute approximate surface area is 118 Å². The molecule has 2 unspecified atom stereocenters. The lowest BCUT2D eigenvalue weighted by Crippen LogP contribution is -2.48. The van der Waals surface area contributed by atoms with Crippen LogP contribution in [0.2, 0.25) is 0 Å². The molecule has 1 aliphatic carbocycles. The zero-order valence-electron chi connectivity index (χ0n) is 11.4. The standard InChI is InChI=1S/C14H22N2O2S/c1-10-9-18-12(8-17)6-16(10)7-13-5-15-14(19-13)11-3-2-4-11/h5,10-12,17H,2-4,6-9H2,1H3. The van der Waals surface area contributed by atoms with Gasteiger partial charge in [-0.3, -0.25) is 4.90 Å². The zero-order chi connectivity index (χ0) is 13.2. The lowest BCUT2D eigenvalue weighted by molar-refractivity contribution is -0.0803. The van der Waals surface area contributed by atoms with Crippen molar-refractivity contribution in [1.82, 2.24) is 9.88 Å². The largest absolute Gasteiger partial charge is 0.394 e. The van der Waals surface area contributed by atoms with Crippen molar-refractivity contribution in [2.75, 3.05) is 19.8 Å². The van der Waals surface area contributed by atoms with E-state index in [0.717, 1.165) is 19.0 Å². The minimum atomic E-state index is -0.0322. The molecule has 0 radical (unpaired) electrons. The first kappa shape index (κ1) is 13.5. The fourth-order valence-electron chi connectivity index (χ4n) is 2.65. The first-order valence-corrected chi connectivity index (χ1v) is 7.99. The molecule has 1 aliphatic heterocycles. The van der Waals surface area contributed by atoms with Gasteiger partial charge < -0.3 is 9.84 Å². The Morgan fingerprint density at radius 3 is 3.05 bits per heavy atom. The second-order valence-corrected chi connectivity index (χ2v) is 6.86. The van der Waals surface area contributed by atoms with Crippen LogP contribution in [-0.2, 0) is 11.3 Å². The Hall–Kier alpha value is -0.490. The number of aliphatic hydroxyl groups is 1. The van der Waals surface area contributed by atoms with Gasteiger partial charge in [-0.15, -0.1) is 11.3 Å². The van der Waals surface area contributed by atoms with Crippen LogP contribution >= 0.6 is 11.3 Å². The summed E-state index contributed by atoms with van der Waals surface area (Å²) in [6.45, 7) is 4.75. The van der Waals surface area contributed by atoms with Crippen LogP contribution in [0.25, 0.3) is 0 Å². The number of nitrogens with zero attached hydrogens (tertiary/aromatic N) is 2. The molecule has 2 atom stereocenters. The first-order chi connectivity index (χ1) is 9.26. The summed E-state index contributed by atoms with van der Waals surface area (Å²) in [5.74, 6) is 0.728. The smallest absolute Gasteiger partial charge is 0.0959 e. The Morgan fingerprint density at radius 2 is 2.37 bits per heavy atom. The van der Waals surface area contributed by atoms with Crippen molar-refractivity contribution in [1.29, 1.82) is 0 Å². The fourth-order valence-corrected chi connectivity index (χ4v) is 3.76. The Morgan fingerprint density at radius 1 is 1.53 bits per heavy atom. The number of aromatic nitrogens is 1. The molecule has 1 N–H and O–H groups in total. The van der Waals surface area contributed by atoms with Crippen LogP contribution in [0.5, 0.6) is 0 Å². The van der Waals surface area contributed by atoms with Crippen LogP contribution in [0.15, 0.2) is 6.20 Å². The summed E-state index contributed by atoms with van der Waals surface area (Å²) in [6, 6.07) is 0.414. The number of aliphatic hydroxyl groups excluding tert-OH is 1. The van der Waals surface area contributed by atoms with Gasteiger partial charge in [-0.1, -0.05) is 6.42 Å². The third-order valence-corrected chi connectivity index (χ3v) is 5.37. The SMILES string of the molecule is CC1COC(CO)CN1Cc1cnc(C2CCC2)s1. The monoisotopic (exact) mass is 282 g/mol. The van der Waals surface area contributed by atoms with E-state index in [1.54, 1.807) is 0 Å². The maximum atomic E-state index is 9.22. The van der Waals surface area contributed by atoms with E-state index in [4.69, 9.17) is 4.74 Å². The van der Waals surface area contributed by atoms with Gasteiger partial charge in [0, 0.05) is 36.1 Å². The van der Waals surface area contributed by atoms with Gasteiger partial charge in [-0.2, -0.15) is 0 Å². The molecule has 2 heterocycles. The number of rotatable bonds is 4. The van der Waals surface area contributed by atoms with Crippen molar-refractivity contribution in [2.24, 2.45) is 0 Å². The predicted octanol–water partition coefficient (Wildman–Crippen LogP) is 1.99. The molecule has 5 heteroatoms. The Bertz CT molecular complexity index is 419. The Kier molecular flexibility index (Phi) is 4.17. The van der Waals surface area contributed by atoms with Gasteiger partial charge in [0.1, 0.15) is 0 Å². The maximum absolute atomic E-state index is 9.22. The van der Waals surface area contributed by atoms with Gasteiger partial charge in [0.05, 0.1) is 24.3 Å². The molecule has 0 aromatic carbocycles. The summed E-state index contributed by atoms with van der Waals surface area (Å²) in [5, 5.41) is 10.5. The number of thiazole rings is 1. The van der Waals surface area contributed by atoms with E-state index in [1.807, 2.05) is 17.5 Å². The van der Waals surface area contributed by atoms with Crippen molar-refractivity contribution in [2.45, 2.75) is 50.8 Å². The molecule has 106 valence electrons. The second-order valence-electron chi connectivity index (χ2n) is 5.71. The van der Waals surface area contributed by atoms with Crippen molar-refractivity contribution in [3.63, 3.8) is 0 Å². The highest BCUT2D eigenvalue weighted by Crippen LogP contribution is 2.38. The molecule has 0 spiro atoms. The summed E-state index contributed by atoms with van der Waals surface area (Å²) in [6.07, 6.45) is 5.99. The van der Waals surface area contributed by atoms with E-state index in [-0.39, 0.29) is 12.7 Å². The molecule has 1 saturated heterocycles. The minimum Gasteiger partial charge on any atom is -0.394 e. The topological polar surface area (TPSA) is 45.6 Å². The molecule has 2 fully saturated rings. The molecular formula is C14H22N2O2S. The average molecular weight is 282 g/mol. The van der Waals surface area contributed by atoms with Gasteiger partial charge in [0.2, 0.25) is 0 Å². The minimum absolute atomic E-state index is 0.0322. The molecule has 4 nitrogen and oxygen atoms in total. The van der Waals surface area contributed by atoms with Gasteiger partial charge in [0.15, 0.2) is 0 Å². The number of morpholine rings is 1. The molecule has 2 aliphatic rings.